The van der Waals surface area contributed by atoms with E-state index in [1.165, 1.54) is 19.1 Å². The number of Topliss-reactive ketones (excluding diaryl/α,β-unsaturated/α-hetero) is 2. The number of methoxy groups -OCH3 is 3. The highest BCUT2D eigenvalue weighted by Crippen LogP contribution is 2.40. The van der Waals surface area contributed by atoms with Gasteiger partial charge in [0.15, 0.2) is 5.78 Å². The van der Waals surface area contributed by atoms with Crippen molar-refractivity contribution >= 4 is 23.4 Å². The summed E-state index contributed by atoms with van der Waals surface area (Å²) in [7, 11) is 4.64. The van der Waals surface area contributed by atoms with Crippen molar-refractivity contribution in [1.29, 1.82) is 0 Å². The van der Waals surface area contributed by atoms with Gasteiger partial charge in [-0.1, -0.05) is 46.8 Å². The third-order valence-corrected chi connectivity index (χ3v) is 13.3. The first-order chi connectivity index (χ1) is 27.0. The van der Waals surface area contributed by atoms with E-state index in [0.717, 1.165) is 6.42 Å². The summed E-state index contributed by atoms with van der Waals surface area (Å²) in [4.78, 5) is 57.9. The SMILES string of the molecule is C=CCC1=CC(C)C[C@@H](C)C[C@@H](OC)[C@@H]2O[C@@](O)(C(=O)C(=O)N3CCCCC3C(=O)O[C@H](C(C)C[C@@H]3CC[C@@H](O)[C@H](OC)C3)[C@H](C)[C@@H](O)CC1=O)[C@H](C)C[C@@H]2OC. The van der Waals surface area contributed by atoms with Gasteiger partial charge in [-0.25, -0.2) is 4.79 Å². The molecule has 0 aromatic rings. The second kappa shape index (κ2) is 21.1. The van der Waals surface area contributed by atoms with Crippen LogP contribution in [0.1, 0.15) is 112 Å². The van der Waals surface area contributed by atoms with Crippen LogP contribution in [0.15, 0.2) is 24.3 Å². The Hall–Kier alpha value is -2.52. The van der Waals surface area contributed by atoms with Crippen molar-refractivity contribution < 1.29 is 58.2 Å². The molecule has 0 spiro atoms. The molecule has 15 atom stereocenters. The monoisotopic (exact) mass is 805 g/mol. The van der Waals surface area contributed by atoms with E-state index in [0.29, 0.717) is 56.9 Å². The van der Waals surface area contributed by atoms with Gasteiger partial charge in [0.05, 0.1) is 30.5 Å². The number of fused-ring (bicyclic) bond motifs is 3. The van der Waals surface area contributed by atoms with E-state index < -0.39 is 77.9 Å². The zero-order valence-corrected chi connectivity index (χ0v) is 35.6. The average molecular weight is 806 g/mol. The number of hydrogen-bond donors (Lipinski definition) is 3. The Balaban J connectivity index is 1.75. The van der Waals surface area contributed by atoms with Crippen LogP contribution in [0.4, 0.5) is 0 Å². The number of carbonyl (C=O) groups is 4. The number of amides is 1. The number of piperidine rings is 1. The Morgan fingerprint density at radius 3 is 2.23 bits per heavy atom. The zero-order valence-electron chi connectivity index (χ0n) is 35.6. The van der Waals surface area contributed by atoms with Crippen molar-refractivity contribution in [3.8, 4) is 0 Å². The molecular weight excluding hydrogens is 734 g/mol. The minimum absolute atomic E-state index is 0.0398. The molecule has 324 valence electrons. The molecule has 1 saturated carbocycles. The highest BCUT2D eigenvalue weighted by atomic mass is 16.7. The maximum absolute atomic E-state index is 14.3. The van der Waals surface area contributed by atoms with Crippen molar-refractivity contribution in [3.63, 3.8) is 0 Å². The summed E-state index contributed by atoms with van der Waals surface area (Å²) in [5.41, 5.74) is 0.544. The topological polar surface area (TPSA) is 178 Å². The molecule has 13 nitrogen and oxygen atoms in total. The number of nitrogens with zero attached hydrogens (tertiary/aromatic N) is 1. The second-order valence-electron chi connectivity index (χ2n) is 17.7. The summed E-state index contributed by atoms with van der Waals surface area (Å²) in [6.07, 6.45) is 4.10. The van der Waals surface area contributed by atoms with Crippen LogP contribution < -0.4 is 0 Å². The summed E-state index contributed by atoms with van der Waals surface area (Å²) < 4.78 is 29.9. The lowest BCUT2D eigenvalue weighted by Gasteiger charge is -2.47. The first-order valence-corrected chi connectivity index (χ1v) is 21.2. The quantitative estimate of drug-likeness (QED) is 0.175. The number of aliphatic hydroxyl groups excluding tert-OH is 2. The first kappa shape index (κ1) is 47.2. The smallest absolute Gasteiger partial charge is 0.329 e. The summed E-state index contributed by atoms with van der Waals surface area (Å²) in [5.74, 6) is -7.26. The van der Waals surface area contributed by atoms with Crippen LogP contribution in [0.25, 0.3) is 0 Å². The van der Waals surface area contributed by atoms with E-state index in [-0.39, 0.29) is 61.4 Å². The molecule has 2 bridgehead atoms. The summed E-state index contributed by atoms with van der Waals surface area (Å²) in [6.45, 7) is 13.4. The Morgan fingerprint density at radius 1 is 0.912 bits per heavy atom. The van der Waals surface area contributed by atoms with E-state index in [1.54, 1.807) is 27.0 Å². The lowest BCUT2D eigenvalue weighted by molar-refractivity contribution is -0.302. The average Bonchev–Trinajstić information content (AvgIpc) is 3.18. The molecule has 3 heterocycles. The molecule has 3 unspecified atom stereocenters. The van der Waals surface area contributed by atoms with E-state index in [1.807, 2.05) is 19.9 Å². The number of ether oxygens (including phenoxy) is 5. The first-order valence-electron chi connectivity index (χ1n) is 21.2. The maximum atomic E-state index is 14.3. The fourth-order valence-electron chi connectivity index (χ4n) is 9.91. The molecule has 0 aromatic carbocycles. The number of allylic oxidation sites excluding steroid dienone is 3. The third-order valence-electron chi connectivity index (χ3n) is 13.3. The van der Waals surface area contributed by atoms with Crippen molar-refractivity contribution in [3.05, 3.63) is 24.3 Å². The van der Waals surface area contributed by atoms with Gasteiger partial charge < -0.3 is 43.9 Å². The predicted molar refractivity (Wildman–Crippen MR) is 213 cm³/mol. The normalized spacial score (nSPS) is 40.3. The molecule has 3 N–H and O–H groups in total. The largest absolute Gasteiger partial charge is 0.460 e. The third kappa shape index (κ3) is 11.4. The van der Waals surface area contributed by atoms with Gasteiger partial charge in [0.1, 0.15) is 18.2 Å². The Kier molecular flexibility index (Phi) is 17.5. The molecule has 1 amide bonds. The Bertz CT molecular complexity index is 1420. The number of rotatable bonds is 8. The molecule has 2 saturated heterocycles. The van der Waals surface area contributed by atoms with Crippen molar-refractivity contribution in [2.45, 2.75) is 166 Å². The molecule has 0 radical (unpaired) electrons. The molecule has 1 aliphatic carbocycles. The van der Waals surface area contributed by atoms with Crippen LogP contribution in [0.2, 0.25) is 0 Å². The van der Waals surface area contributed by atoms with Gasteiger partial charge >= 0.3 is 5.97 Å². The molecule has 4 aliphatic rings. The number of ketones is 2. The van der Waals surface area contributed by atoms with Crippen LogP contribution in [-0.4, -0.2) is 126 Å². The molecular formula is C44H71NO12. The maximum Gasteiger partial charge on any atom is 0.329 e. The Morgan fingerprint density at radius 2 is 1.58 bits per heavy atom. The number of cyclic esters (lactones) is 1. The molecule has 4 rings (SSSR count). The van der Waals surface area contributed by atoms with E-state index in [4.69, 9.17) is 23.7 Å². The minimum atomic E-state index is -2.50. The van der Waals surface area contributed by atoms with Crippen molar-refractivity contribution in [1.82, 2.24) is 4.90 Å². The molecule has 3 aliphatic heterocycles. The fraction of sp³-hybridized carbons (Fsp3) is 0.818. The van der Waals surface area contributed by atoms with Crippen LogP contribution in [0.5, 0.6) is 0 Å². The summed E-state index contributed by atoms with van der Waals surface area (Å²) in [6, 6.07) is -1.12. The number of esters is 1. The highest BCUT2D eigenvalue weighted by Gasteiger charge is 2.56. The van der Waals surface area contributed by atoms with Crippen LogP contribution >= 0.6 is 0 Å². The van der Waals surface area contributed by atoms with Crippen molar-refractivity contribution in [2.75, 3.05) is 27.9 Å². The standard InChI is InChI=1S/C44H71NO12/c1-10-13-31-19-25(2)18-26(3)20-37(54-8)40-38(55-9)22-28(5)44(52,57-40)41(49)42(50)45-17-12-11-14-32(45)43(51)56-39(29(6)34(47)24-35(31)48)27(4)21-30-15-16-33(46)36(23-30)53-7/h10,19,25-30,32-34,36-40,46-47,52H,1,11-18,20-24H2,2-9H3/t25?,26-,27?,28-,29-,30+,32?,33-,34+,36-,37-,38+,39-,40+,44-/m1/s1. The molecule has 13 heteroatoms. The van der Waals surface area contributed by atoms with Gasteiger partial charge in [0.25, 0.3) is 11.7 Å². The summed E-state index contributed by atoms with van der Waals surface area (Å²) >= 11 is 0. The van der Waals surface area contributed by atoms with Crippen LogP contribution in [-0.2, 0) is 42.9 Å². The number of carbonyl (C=O) groups excluding carboxylic acids is 4. The van der Waals surface area contributed by atoms with E-state index in [9.17, 15) is 34.5 Å². The zero-order chi connectivity index (χ0) is 42.2. The molecule has 3 fully saturated rings. The van der Waals surface area contributed by atoms with Gasteiger partial charge in [-0.15, -0.1) is 6.58 Å². The predicted octanol–water partition coefficient (Wildman–Crippen LogP) is 4.72. The lowest BCUT2D eigenvalue weighted by Crippen LogP contribution is -2.64. The number of hydrogen-bond acceptors (Lipinski definition) is 12. The Labute approximate surface area is 339 Å². The van der Waals surface area contributed by atoms with E-state index in [2.05, 4.69) is 13.5 Å². The highest BCUT2D eigenvalue weighted by molar-refractivity contribution is 6.39. The van der Waals surface area contributed by atoms with Gasteiger partial charge in [-0.3, -0.25) is 14.4 Å². The van der Waals surface area contributed by atoms with Gasteiger partial charge in [0, 0.05) is 46.1 Å². The summed E-state index contributed by atoms with van der Waals surface area (Å²) in [5, 5.41) is 34.2. The minimum Gasteiger partial charge on any atom is -0.460 e. The van der Waals surface area contributed by atoms with Gasteiger partial charge in [-0.2, -0.15) is 0 Å². The second-order valence-corrected chi connectivity index (χ2v) is 17.7. The van der Waals surface area contributed by atoms with E-state index >= 15 is 0 Å². The van der Waals surface area contributed by atoms with Gasteiger partial charge in [0.2, 0.25) is 5.79 Å². The number of aliphatic hydroxyl groups is 3. The van der Waals surface area contributed by atoms with Crippen molar-refractivity contribution in [2.24, 2.45) is 35.5 Å². The molecule has 57 heavy (non-hydrogen) atoms. The molecule has 0 aromatic heterocycles. The lowest BCUT2D eigenvalue weighted by atomic mass is 9.76. The fourth-order valence-corrected chi connectivity index (χ4v) is 9.91. The van der Waals surface area contributed by atoms with Crippen LogP contribution in [0.3, 0.4) is 0 Å². The van der Waals surface area contributed by atoms with Crippen LogP contribution in [0, 0.1) is 35.5 Å². The van der Waals surface area contributed by atoms with Gasteiger partial charge in [-0.05, 0) is 99.9 Å².